The van der Waals surface area contributed by atoms with Crippen molar-refractivity contribution in [2.75, 3.05) is 0 Å². The van der Waals surface area contributed by atoms with Crippen LogP contribution in [0.1, 0.15) is 17.1 Å². The summed E-state index contributed by atoms with van der Waals surface area (Å²) in [4.78, 5) is 29.7. The molecule has 120 heavy (non-hydrogen) atoms. The highest BCUT2D eigenvalue weighted by atomic mass is 16.3. The van der Waals surface area contributed by atoms with Gasteiger partial charge in [0.1, 0.15) is 33.5 Å². The van der Waals surface area contributed by atoms with Gasteiger partial charge in [0.25, 0.3) is 0 Å². The molecule has 0 fully saturated rings. The van der Waals surface area contributed by atoms with Crippen LogP contribution in [0.15, 0.2) is 384 Å². The Kier molecular flexibility index (Phi) is 16.4. The molecular weight excluding hydrogens is 1470 g/mol. The van der Waals surface area contributed by atoms with Gasteiger partial charge in [-0.2, -0.15) is 0 Å². The molecule has 0 bridgehead atoms. The third kappa shape index (κ3) is 11.7. The molecule has 0 unspecified atom stereocenters. The van der Waals surface area contributed by atoms with Crippen LogP contribution >= 0.6 is 0 Å². The zero-order valence-corrected chi connectivity index (χ0v) is 65.6. The number of nitrogens with zero attached hydrogens (tertiary/aromatic N) is 6. The highest BCUT2D eigenvalue weighted by molar-refractivity contribution is 6.27. The van der Waals surface area contributed by atoms with E-state index in [2.05, 4.69) is 303 Å². The Labute approximate surface area is 688 Å². The van der Waals surface area contributed by atoms with Crippen molar-refractivity contribution in [1.29, 1.82) is 0 Å². The summed E-state index contributed by atoms with van der Waals surface area (Å²) < 4.78 is 19.0. The van der Waals surface area contributed by atoms with Gasteiger partial charge in [-0.15, -0.1) is 0 Å². The van der Waals surface area contributed by atoms with E-state index in [4.69, 9.17) is 43.2 Å². The molecule has 6 heterocycles. The molecule has 6 aromatic heterocycles. The van der Waals surface area contributed by atoms with Crippen LogP contribution in [-0.4, -0.2) is 29.9 Å². The fourth-order valence-electron chi connectivity index (χ4n) is 18.1. The van der Waals surface area contributed by atoms with Gasteiger partial charge >= 0.3 is 0 Å². The highest BCUT2D eigenvalue weighted by Gasteiger charge is 2.22. The number of fused-ring (bicyclic) bond motifs is 27. The predicted octanol–water partition coefficient (Wildman–Crippen LogP) is 30.1. The molecule has 0 aliphatic carbocycles. The summed E-state index contributed by atoms with van der Waals surface area (Å²) in [5, 5.41) is 20.7. The molecule has 0 N–H and O–H groups in total. The van der Waals surface area contributed by atoms with Gasteiger partial charge in [0.05, 0.1) is 62.1 Å². The minimum Gasteiger partial charge on any atom is -0.455 e. The van der Waals surface area contributed by atoms with E-state index in [1.165, 1.54) is 43.4 Å². The van der Waals surface area contributed by atoms with E-state index in [0.717, 1.165) is 215 Å². The van der Waals surface area contributed by atoms with Gasteiger partial charge in [0.15, 0.2) is 0 Å². The molecule has 0 spiro atoms. The highest BCUT2D eigenvalue weighted by Crippen LogP contribution is 2.45. The van der Waals surface area contributed by atoms with Gasteiger partial charge < -0.3 is 13.3 Å². The van der Waals surface area contributed by atoms with E-state index < -0.39 is 0 Å². The van der Waals surface area contributed by atoms with Crippen molar-refractivity contribution < 1.29 is 13.3 Å². The zero-order chi connectivity index (χ0) is 79.6. The van der Waals surface area contributed by atoms with E-state index >= 15 is 0 Å². The number of para-hydroxylation sites is 6. The normalized spacial score (nSPS) is 11.8. The number of aryl methyl sites for hydroxylation is 3. The Morgan fingerprint density at radius 2 is 0.467 bits per heavy atom. The van der Waals surface area contributed by atoms with Crippen LogP contribution in [-0.2, 0) is 0 Å². The standard InChI is InChI=1S/C40H24N2O.C36H24N2O.C35H22N2O/c1-2-10-25(11-3-1)36-24-41-38-32-16-5-4-14-30(32)35-23-27(20-21-33(35)39(38)42-36)26-12-8-13-28(22-26)29-17-9-18-34-31-15-6-7-19-37(31)43-40(29)34;1-21-22(2)38-35-30-18-17-24(20-32(30)27-11-3-4-13-29(27)34(35)37-21)23-9-7-10-25(19-23)26-14-8-15-31-28-12-5-6-16-33(28)39-36(26)31;1-21-20-36-33-29-17-16-23(19-31(29)26-10-2-3-12-28(26)34(33)37-21)22-8-6-9-24(18-22)25-13-7-14-30-27-11-4-5-15-32(27)38-35(25)30/h1-24H;3-20H,1-2H3;2-20H,1H3. The van der Waals surface area contributed by atoms with Crippen LogP contribution in [0, 0.1) is 20.8 Å². The fraction of sp³-hybridized carbons (Fsp3) is 0.0270. The predicted molar refractivity (Wildman–Crippen MR) is 498 cm³/mol. The van der Waals surface area contributed by atoms with Gasteiger partial charge in [-0.25, -0.2) is 19.9 Å². The maximum Gasteiger partial charge on any atom is 0.143 e. The Balaban J connectivity index is 0.000000105. The fourth-order valence-corrected chi connectivity index (χ4v) is 18.1. The number of benzene rings is 19. The van der Waals surface area contributed by atoms with Gasteiger partial charge in [-0.3, -0.25) is 9.97 Å². The monoisotopic (exact) mass is 1530 g/mol. The second-order valence-corrected chi connectivity index (χ2v) is 31.1. The van der Waals surface area contributed by atoms with Crippen molar-refractivity contribution in [3.8, 4) is 78.0 Å². The third-order valence-electron chi connectivity index (χ3n) is 24.0. The minimum atomic E-state index is 0.876. The number of aromatic nitrogens is 6. The van der Waals surface area contributed by atoms with Crippen molar-refractivity contribution in [3.63, 3.8) is 0 Å². The molecule has 0 radical (unpaired) electrons. The van der Waals surface area contributed by atoms with Crippen molar-refractivity contribution >= 4 is 164 Å². The second kappa shape index (κ2) is 28.3. The summed E-state index contributed by atoms with van der Waals surface area (Å²) in [6.45, 7) is 6.06. The number of rotatable bonds is 7. The maximum atomic E-state index is 6.36. The summed E-state index contributed by atoms with van der Waals surface area (Å²) in [7, 11) is 0. The molecule has 0 saturated carbocycles. The Hall–Kier alpha value is -15.8. The smallest absolute Gasteiger partial charge is 0.143 e. The SMILES string of the molecule is Cc1cnc2c3ccc(-c4cccc(-c5cccc6c5oc5ccccc56)c4)cc3c3ccccc3c2n1.Cc1nc2c3ccccc3c3cc(-c4cccc(-c5cccc6c5oc5ccccc56)c4)ccc3c2nc1C.c1ccc(-c2cnc3c4ccccc4c4cc(-c5cccc(-c6cccc7c6oc6ccccc67)c5)ccc4c3n2)cc1. The van der Waals surface area contributed by atoms with E-state index in [1.54, 1.807) is 0 Å². The molecule has 19 aromatic carbocycles. The van der Waals surface area contributed by atoms with Crippen LogP contribution < -0.4 is 0 Å². The second-order valence-electron chi connectivity index (χ2n) is 31.1. The van der Waals surface area contributed by atoms with Crippen LogP contribution in [0.5, 0.6) is 0 Å². The van der Waals surface area contributed by atoms with Crippen molar-refractivity contribution in [2.24, 2.45) is 0 Å². The average Bonchev–Trinajstić information content (AvgIpc) is 1.57. The molecule has 0 atom stereocenters. The zero-order valence-electron chi connectivity index (χ0n) is 65.6. The lowest BCUT2D eigenvalue weighted by Crippen LogP contribution is -1.96. The van der Waals surface area contributed by atoms with Gasteiger partial charge in [-0.1, -0.05) is 303 Å². The minimum absolute atomic E-state index is 0.876. The Morgan fingerprint density at radius 1 is 0.183 bits per heavy atom. The van der Waals surface area contributed by atoms with Crippen LogP contribution in [0.2, 0.25) is 0 Å². The lowest BCUT2D eigenvalue weighted by molar-refractivity contribution is 0.669. The van der Waals surface area contributed by atoms with E-state index in [9.17, 15) is 0 Å². The topological polar surface area (TPSA) is 117 Å². The quantitative estimate of drug-likeness (QED) is 0.144. The molecule has 25 rings (SSSR count). The number of hydrogen-bond donors (Lipinski definition) is 0. The molecular formula is C111H70N6O3. The summed E-state index contributed by atoms with van der Waals surface area (Å²) in [6.07, 6.45) is 3.74. The molecule has 25 aromatic rings. The summed E-state index contributed by atoms with van der Waals surface area (Å²) >= 11 is 0. The molecule has 9 heteroatoms. The van der Waals surface area contributed by atoms with Crippen LogP contribution in [0.3, 0.4) is 0 Å². The Morgan fingerprint density at radius 3 is 0.875 bits per heavy atom. The first-order valence-corrected chi connectivity index (χ1v) is 40.6. The largest absolute Gasteiger partial charge is 0.455 e. The molecule has 562 valence electrons. The average molecular weight is 1540 g/mol. The van der Waals surface area contributed by atoms with Crippen molar-refractivity contribution in [1.82, 2.24) is 29.9 Å². The molecule has 9 nitrogen and oxygen atoms in total. The molecule has 0 saturated heterocycles. The maximum absolute atomic E-state index is 6.36. The lowest BCUT2D eigenvalue weighted by atomic mass is 9.94. The molecule has 0 aliphatic rings. The van der Waals surface area contributed by atoms with Crippen LogP contribution in [0.25, 0.3) is 242 Å². The van der Waals surface area contributed by atoms with Gasteiger partial charge in [0.2, 0.25) is 0 Å². The summed E-state index contributed by atoms with van der Waals surface area (Å²) in [5.41, 5.74) is 29.7. The lowest BCUT2D eigenvalue weighted by Gasteiger charge is -2.13. The van der Waals surface area contributed by atoms with E-state index in [-0.39, 0.29) is 0 Å². The summed E-state index contributed by atoms with van der Waals surface area (Å²) in [6, 6.07) is 126. The van der Waals surface area contributed by atoms with Gasteiger partial charge in [-0.05, 0) is 158 Å². The Bertz CT molecular complexity index is 8530. The third-order valence-corrected chi connectivity index (χ3v) is 24.0. The van der Waals surface area contributed by atoms with Crippen LogP contribution in [0.4, 0.5) is 0 Å². The van der Waals surface area contributed by atoms with E-state index in [1.807, 2.05) is 87.8 Å². The van der Waals surface area contributed by atoms with Crippen molar-refractivity contribution in [3.05, 3.63) is 387 Å². The van der Waals surface area contributed by atoms with E-state index in [0.29, 0.717) is 0 Å². The van der Waals surface area contributed by atoms with Crippen molar-refractivity contribution in [2.45, 2.75) is 20.8 Å². The summed E-state index contributed by atoms with van der Waals surface area (Å²) in [5.74, 6) is 0. The number of hydrogen-bond acceptors (Lipinski definition) is 9. The van der Waals surface area contributed by atoms with Gasteiger partial charge in [0, 0.05) is 93.1 Å². The number of furan rings is 3. The first-order chi connectivity index (χ1) is 59.2. The molecule has 0 amide bonds. The first kappa shape index (κ1) is 69.6. The first-order valence-electron chi connectivity index (χ1n) is 40.6. The molecule has 0 aliphatic heterocycles.